The summed E-state index contributed by atoms with van der Waals surface area (Å²) in [5.41, 5.74) is 2.26. The number of sulfonamides is 1. The zero-order valence-corrected chi connectivity index (χ0v) is 19.3. The SMILES string of the molecule is Cc1cc(C)cc(S(=O)(=O)N2CCC[C@H](c3nnc(C(=O)Nc4ccc(F)cc4)s3)C2)c1. The Labute approximate surface area is 190 Å². The fraction of sp³-hybridized carbons (Fsp3) is 0.318. The second kappa shape index (κ2) is 9.05. The average Bonchev–Trinajstić information content (AvgIpc) is 3.25. The number of carbonyl (C=O) groups is 1. The van der Waals surface area contributed by atoms with Crippen LogP contribution in [0.1, 0.15) is 44.7 Å². The first-order valence-corrected chi connectivity index (χ1v) is 12.5. The largest absolute Gasteiger partial charge is 0.320 e. The smallest absolute Gasteiger partial charge is 0.286 e. The molecule has 0 bridgehead atoms. The van der Waals surface area contributed by atoms with E-state index in [2.05, 4.69) is 15.5 Å². The van der Waals surface area contributed by atoms with Gasteiger partial charge in [0.25, 0.3) is 5.91 Å². The minimum Gasteiger partial charge on any atom is -0.320 e. The van der Waals surface area contributed by atoms with E-state index in [1.165, 1.54) is 28.6 Å². The summed E-state index contributed by atoms with van der Waals surface area (Å²) in [5.74, 6) is -0.955. The summed E-state index contributed by atoms with van der Waals surface area (Å²) in [4.78, 5) is 12.8. The number of benzene rings is 2. The minimum absolute atomic E-state index is 0.130. The summed E-state index contributed by atoms with van der Waals surface area (Å²) >= 11 is 1.15. The molecule has 1 aliphatic rings. The van der Waals surface area contributed by atoms with Crippen LogP contribution in [-0.4, -0.2) is 41.9 Å². The maximum absolute atomic E-state index is 13.2. The van der Waals surface area contributed by atoms with Crippen molar-refractivity contribution in [1.82, 2.24) is 14.5 Å². The van der Waals surface area contributed by atoms with Crippen molar-refractivity contribution in [2.45, 2.75) is 37.5 Å². The van der Waals surface area contributed by atoms with E-state index in [1.807, 2.05) is 19.9 Å². The van der Waals surface area contributed by atoms with Gasteiger partial charge in [0, 0.05) is 24.7 Å². The molecule has 0 unspecified atom stereocenters. The number of piperidine rings is 1. The predicted octanol–water partition coefficient (Wildman–Crippen LogP) is 4.11. The van der Waals surface area contributed by atoms with Gasteiger partial charge in [-0.05, 0) is 74.2 Å². The Morgan fingerprint density at radius 3 is 2.50 bits per heavy atom. The molecular formula is C22H23FN4O3S2. The number of anilines is 1. The quantitative estimate of drug-likeness (QED) is 0.601. The van der Waals surface area contributed by atoms with Crippen LogP contribution in [0.5, 0.6) is 0 Å². The van der Waals surface area contributed by atoms with Gasteiger partial charge in [-0.3, -0.25) is 4.79 Å². The van der Waals surface area contributed by atoms with E-state index < -0.39 is 15.9 Å². The Hall–Kier alpha value is -2.69. The van der Waals surface area contributed by atoms with Crippen LogP contribution in [-0.2, 0) is 10.0 Å². The average molecular weight is 475 g/mol. The summed E-state index contributed by atoms with van der Waals surface area (Å²) in [6.45, 7) is 4.50. The van der Waals surface area contributed by atoms with E-state index >= 15 is 0 Å². The molecule has 0 spiro atoms. The summed E-state index contributed by atoms with van der Waals surface area (Å²) < 4.78 is 41.0. The fourth-order valence-corrected chi connectivity index (χ4v) is 6.38. The Kier molecular flexibility index (Phi) is 6.36. The van der Waals surface area contributed by atoms with E-state index in [-0.39, 0.29) is 16.7 Å². The third-order valence-electron chi connectivity index (χ3n) is 5.30. The van der Waals surface area contributed by atoms with Crippen molar-refractivity contribution < 1.29 is 17.6 Å². The lowest BCUT2D eigenvalue weighted by molar-refractivity contribution is 0.102. The Morgan fingerprint density at radius 2 is 1.81 bits per heavy atom. The van der Waals surface area contributed by atoms with Gasteiger partial charge in [-0.15, -0.1) is 10.2 Å². The first-order valence-electron chi connectivity index (χ1n) is 10.2. The molecule has 0 radical (unpaired) electrons. The van der Waals surface area contributed by atoms with Crippen LogP contribution in [0, 0.1) is 19.7 Å². The number of aryl methyl sites for hydroxylation is 2. The maximum atomic E-state index is 13.2. The summed E-state index contributed by atoms with van der Waals surface area (Å²) in [6.07, 6.45) is 1.47. The highest BCUT2D eigenvalue weighted by Gasteiger charge is 2.33. The van der Waals surface area contributed by atoms with Crippen molar-refractivity contribution in [3.05, 3.63) is 69.4 Å². The number of aromatic nitrogens is 2. The Morgan fingerprint density at radius 1 is 1.12 bits per heavy atom. The summed E-state index contributed by atoms with van der Waals surface area (Å²) in [7, 11) is -3.62. The first kappa shape index (κ1) is 22.5. The van der Waals surface area contributed by atoms with Crippen molar-refractivity contribution in [3.8, 4) is 0 Å². The van der Waals surface area contributed by atoms with Gasteiger partial charge in [-0.2, -0.15) is 4.31 Å². The molecule has 168 valence electrons. The number of nitrogens with zero attached hydrogens (tertiary/aromatic N) is 3. The van der Waals surface area contributed by atoms with Crippen molar-refractivity contribution in [2.75, 3.05) is 18.4 Å². The number of halogens is 1. The van der Waals surface area contributed by atoms with Gasteiger partial charge in [-0.25, -0.2) is 12.8 Å². The zero-order valence-electron chi connectivity index (χ0n) is 17.7. The van der Waals surface area contributed by atoms with Gasteiger partial charge in [0.1, 0.15) is 10.8 Å². The van der Waals surface area contributed by atoms with Crippen molar-refractivity contribution in [3.63, 3.8) is 0 Å². The van der Waals surface area contributed by atoms with Gasteiger partial charge >= 0.3 is 0 Å². The Bertz CT molecular complexity index is 1220. The van der Waals surface area contributed by atoms with Crippen LogP contribution in [0.2, 0.25) is 0 Å². The molecule has 32 heavy (non-hydrogen) atoms. The number of hydrogen-bond donors (Lipinski definition) is 1. The monoisotopic (exact) mass is 474 g/mol. The molecule has 0 saturated carbocycles. The predicted molar refractivity (Wildman–Crippen MR) is 121 cm³/mol. The highest BCUT2D eigenvalue weighted by atomic mass is 32.2. The summed E-state index contributed by atoms with van der Waals surface area (Å²) in [5, 5.41) is 11.6. The standard InChI is InChI=1S/C22H23FN4O3S2/c1-14-10-15(2)12-19(11-14)32(29,30)27-9-3-4-16(13-27)21-25-26-22(31-21)20(28)24-18-7-5-17(23)6-8-18/h5-8,10-12,16H,3-4,9,13H2,1-2H3,(H,24,28)/t16-/m0/s1. The molecule has 1 aromatic heterocycles. The van der Waals surface area contributed by atoms with Crippen LogP contribution in [0.4, 0.5) is 10.1 Å². The normalized spacial score (nSPS) is 17.3. The molecule has 3 aromatic rings. The molecule has 2 heterocycles. The molecule has 1 N–H and O–H groups in total. The number of carbonyl (C=O) groups excluding carboxylic acids is 1. The second-order valence-electron chi connectivity index (χ2n) is 7.93. The van der Waals surface area contributed by atoms with Gasteiger partial charge in [0.2, 0.25) is 15.0 Å². The van der Waals surface area contributed by atoms with E-state index in [9.17, 15) is 17.6 Å². The van der Waals surface area contributed by atoms with Crippen molar-refractivity contribution in [2.24, 2.45) is 0 Å². The molecule has 4 rings (SSSR count). The number of rotatable bonds is 5. The van der Waals surface area contributed by atoms with E-state index in [1.54, 1.807) is 12.1 Å². The van der Waals surface area contributed by atoms with E-state index in [0.717, 1.165) is 28.9 Å². The van der Waals surface area contributed by atoms with Crippen LogP contribution < -0.4 is 5.32 Å². The highest BCUT2D eigenvalue weighted by molar-refractivity contribution is 7.89. The van der Waals surface area contributed by atoms with Crippen LogP contribution in [0.3, 0.4) is 0 Å². The number of hydrogen-bond acceptors (Lipinski definition) is 6. The first-order chi connectivity index (χ1) is 15.2. The lowest BCUT2D eigenvalue weighted by Gasteiger charge is -2.30. The van der Waals surface area contributed by atoms with Crippen LogP contribution in [0.15, 0.2) is 47.4 Å². The molecule has 1 aliphatic heterocycles. The van der Waals surface area contributed by atoms with Crippen LogP contribution >= 0.6 is 11.3 Å². The molecule has 1 atom stereocenters. The lowest BCUT2D eigenvalue weighted by Crippen LogP contribution is -2.39. The fourth-order valence-electron chi connectivity index (χ4n) is 3.80. The van der Waals surface area contributed by atoms with E-state index in [4.69, 9.17) is 0 Å². The molecule has 7 nitrogen and oxygen atoms in total. The Balaban J connectivity index is 1.48. The van der Waals surface area contributed by atoms with Gasteiger partial charge < -0.3 is 5.32 Å². The van der Waals surface area contributed by atoms with Crippen molar-refractivity contribution in [1.29, 1.82) is 0 Å². The minimum atomic E-state index is -3.62. The van der Waals surface area contributed by atoms with Gasteiger partial charge in [0.15, 0.2) is 0 Å². The highest BCUT2D eigenvalue weighted by Crippen LogP contribution is 2.32. The molecule has 1 amide bonds. The third-order valence-corrected chi connectivity index (χ3v) is 8.23. The molecular weight excluding hydrogens is 451 g/mol. The van der Waals surface area contributed by atoms with Gasteiger partial charge in [-0.1, -0.05) is 17.4 Å². The molecule has 1 saturated heterocycles. The zero-order chi connectivity index (χ0) is 22.9. The van der Waals surface area contributed by atoms with Crippen LogP contribution in [0.25, 0.3) is 0 Å². The van der Waals surface area contributed by atoms with E-state index in [0.29, 0.717) is 35.1 Å². The number of amides is 1. The molecule has 10 heteroatoms. The second-order valence-corrected chi connectivity index (χ2v) is 10.9. The number of nitrogens with one attached hydrogen (secondary N) is 1. The van der Waals surface area contributed by atoms with Gasteiger partial charge in [0.05, 0.1) is 4.90 Å². The maximum Gasteiger partial charge on any atom is 0.286 e. The molecule has 0 aliphatic carbocycles. The topological polar surface area (TPSA) is 92.3 Å². The summed E-state index contributed by atoms with van der Waals surface area (Å²) in [6, 6.07) is 10.8. The van der Waals surface area contributed by atoms with Crippen molar-refractivity contribution >= 4 is 33.0 Å². The molecule has 2 aromatic carbocycles. The lowest BCUT2D eigenvalue weighted by atomic mass is 10.0. The third kappa shape index (κ3) is 4.87. The molecule has 1 fully saturated rings.